The molecule has 2 N–H and O–H groups in total. The Balaban J connectivity index is 2.11. The maximum atomic E-state index is 6.70. The van der Waals surface area contributed by atoms with E-state index in [1.807, 2.05) is 6.92 Å². The van der Waals surface area contributed by atoms with E-state index in [9.17, 15) is 0 Å². The van der Waals surface area contributed by atoms with Crippen LogP contribution in [0.1, 0.15) is 38.3 Å². The summed E-state index contributed by atoms with van der Waals surface area (Å²) in [5.74, 6) is 0. The number of hydrogen-bond donors (Lipinski definition) is 1. The van der Waals surface area contributed by atoms with E-state index in [1.54, 1.807) is 0 Å². The first-order chi connectivity index (χ1) is 9.71. The summed E-state index contributed by atoms with van der Waals surface area (Å²) in [7, 11) is 2.14. The van der Waals surface area contributed by atoms with Crippen LogP contribution in [-0.4, -0.2) is 31.8 Å². The molecule has 0 aromatic heterocycles. The molecule has 2 atom stereocenters. The quantitative estimate of drug-likeness (QED) is 0.904. The Hall–Kier alpha value is -1.06. The normalized spacial score (nSPS) is 27.3. The van der Waals surface area contributed by atoms with Crippen LogP contribution >= 0.6 is 0 Å². The van der Waals surface area contributed by atoms with Crippen LogP contribution in [-0.2, 0) is 4.74 Å². The fourth-order valence-corrected chi connectivity index (χ4v) is 3.52. The lowest BCUT2D eigenvalue weighted by Gasteiger charge is -2.60. The van der Waals surface area contributed by atoms with Gasteiger partial charge < -0.3 is 15.4 Å². The molecule has 0 amide bonds. The maximum absolute atomic E-state index is 6.70. The lowest BCUT2D eigenvalue weighted by atomic mass is 9.54. The Bertz CT molecular complexity index is 512. The topological polar surface area (TPSA) is 38.5 Å². The smallest absolute Gasteiger partial charge is 0.0662 e. The first-order valence-electron chi connectivity index (χ1n) is 7.90. The second kappa shape index (κ2) is 5.62. The van der Waals surface area contributed by atoms with E-state index in [2.05, 4.69) is 57.8 Å². The largest absolute Gasteiger partial charge is 0.378 e. The van der Waals surface area contributed by atoms with Gasteiger partial charge in [0.25, 0.3) is 0 Å². The number of rotatable bonds is 5. The van der Waals surface area contributed by atoms with Crippen molar-refractivity contribution in [3.05, 3.63) is 29.3 Å². The molecule has 1 aromatic rings. The molecular formula is C18H30N2O. The van der Waals surface area contributed by atoms with Crippen LogP contribution in [0, 0.1) is 19.3 Å². The van der Waals surface area contributed by atoms with Crippen LogP contribution in [0.15, 0.2) is 18.2 Å². The Morgan fingerprint density at radius 3 is 2.52 bits per heavy atom. The molecule has 1 aromatic carbocycles. The highest BCUT2D eigenvalue weighted by Gasteiger charge is 2.58. The van der Waals surface area contributed by atoms with Crippen molar-refractivity contribution in [2.24, 2.45) is 11.1 Å². The highest BCUT2D eigenvalue weighted by molar-refractivity contribution is 5.54. The summed E-state index contributed by atoms with van der Waals surface area (Å²) in [5.41, 5.74) is 10.4. The molecule has 0 radical (unpaired) electrons. The van der Waals surface area contributed by atoms with Crippen molar-refractivity contribution < 1.29 is 4.74 Å². The zero-order valence-electron chi connectivity index (χ0n) is 14.4. The van der Waals surface area contributed by atoms with Crippen molar-refractivity contribution in [3.63, 3.8) is 0 Å². The van der Waals surface area contributed by atoms with E-state index in [0.29, 0.717) is 0 Å². The fraction of sp³-hybridized carbons (Fsp3) is 0.667. The highest BCUT2D eigenvalue weighted by Crippen LogP contribution is 2.50. The summed E-state index contributed by atoms with van der Waals surface area (Å²) < 4.78 is 5.82. The van der Waals surface area contributed by atoms with Crippen molar-refractivity contribution in [3.8, 4) is 0 Å². The van der Waals surface area contributed by atoms with E-state index in [1.165, 1.54) is 16.8 Å². The minimum Gasteiger partial charge on any atom is -0.378 e. The number of anilines is 1. The predicted octanol–water partition coefficient (Wildman–Crippen LogP) is 3.27. The molecule has 0 heterocycles. The Morgan fingerprint density at radius 1 is 1.33 bits per heavy atom. The fourth-order valence-electron chi connectivity index (χ4n) is 3.52. The van der Waals surface area contributed by atoms with Crippen LogP contribution in [0.3, 0.4) is 0 Å². The predicted molar refractivity (Wildman–Crippen MR) is 89.9 cm³/mol. The molecule has 118 valence electrons. The van der Waals surface area contributed by atoms with Gasteiger partial charge >= 0.3 is 0 Å². The molecule has 1 saturated carbocycles. The molecule has 1 fully saturated rings. The van der Waals surface area contributed by atoms with Gasteiger partial charge in [-0.1, -0.05) is 31.5 Å². The molecule has 2 unspecified atom stereocenters. The summed E-state index contributed by atoms with van der Waals surface area (Å²) in [6.45, 7) is 12.4. The van der Waals surface area contributed by atoms with Gasteiger partial charge in [0, 0.05) is 36.8 Å². The summed E-state index contributed by atoms with van der Waals surface area (Å²) >= 11 is 0. The summed E-state index contributed by atoms with van der Waals surface area (Å²) in [4.78, 5) is 2.29. The van der Waals surface area contributed by atoms with E-state index >= 15 is 0 Å². The molecule has 0 aliphatic heterocycles. The van der Waals surface area contributed by atoms with E-state index in [-0.39, 0.29) is 17.1 Å². The van der Waals surface area contributed by atoms with Crippen LogP contribution in [0.5, 0.6) is 0 Å². The van der Waals surface area contributed by atoms with Crippen LogP contribution in [0.25, 0.3) is 0 Å². The van der Waals surface area contributed by atoms with Crippen molar-refractivity contribution >= 4 is 5.69 Å². The number of likely N-dealkylation sites (N-methyl/N-ethyl adjacent to an activating group) is 1. The first kappa shape index (κ1) is 16.3. The van der Waals surface area contributed by atoms with E-state index in [0.717, 1.165) is 19.6 Å². The Kier molecular flexibility index (Phi) is 4.36. The van der Waals surface area contributed by atoms with Gasteiger partial charge in [-0.25, -0.2) is 0 Å². The number of nitrogens with two attached hydrogens (primary N) is 1. The van der Waals surface area contributed by atoms with Gasteiger partial charge in [0.2, 0.25) is 0 Å². The first-order valence-corrected chi connectivity index (χ1v) is 7.90. The lowest BCUT2D eigenvalue weighted by Crippen LogP contribution is -2.73. The second-order valence-corrected chi connectivity index (χ2v) is 7.17. The molecule has 1 aliphatic rings. The number of aryl methyl sites for hydroxylation is 2. The van der Waals surface area contributed by atoms with Gasteiger partial charge in [-0.05, 0) is 38.8 Å². The Labute approximate surface area is 129 Å². The average molecular weight is 290 g/mol. The van der Waals surface area contributed by atoms with Gasteiger partial charge in [0.05, 0.1) is 6.10 Å². The van der Waals surface area contributed by atoms with Crippen LogP contribution < -0.4 is 10.6 Å². The molecule has 21 heavy (non-hydrogen) atoms. The molecule has 0 spiro atoms. The molecule has 3 nitrogen and oxygen atoms in total. The van der Waals surface area contributed by atoms with Crippen molar-refractivity contribution in [1.29, 1.82) is 0 Å². The number of ether oxygens (including phenoxy) is 1. The SMILES string of the molecule is CCOC1CC(N)(CN(C)c2ccc(C)cc2C)C1(C)C. The third-order valence-electron chi connectivity index (χ3n) is 5.29. The molecule has 3 heteroatoms. The van der Waals surface area contributed by atoms with Gasteiger partial charge in [-0.3, -0.25) is 0 Å². The average Bonchev–Trinajstić information content (AvgIpc) is 2.38. The van der Waals surface area contributed by atoms with Crippen molar-refractivity contribution in [1.82, 2.24) is 0 Å². The monoisotopic (exact) mass is 290 g/mol. The van der Waals surface area contributed by atoms with Gasteiger partial charge in [0.15, 0.2) is 0 Å². The molecular weight excluding hydrogens is 260 g/mol. The summed E-state index contributed by atoms with van der Waals surface area (Å²) in [5, 5.41) is 0. The molecule has 0 bridgehead atoms. The maximum Gasteiger partial charge on any atom is 0.0662 e. The number of hydrogen-bond acceptors (Lipinski definition) is 3. The van der Waals surface area contributed by atoms with Gasteiger partial charge in [-0.2, -0.15) is 0 Å². The van der Waals surface area contributed by atoms with Crippen molar-refractivity contribution in [2.45, 2.75) is 52.7 Å². The minimum atomic E-state index is -0.196. The van der Waals surface area contributed by atoms with E-state index in [4.69, 9.17) is 10.5 Å². The standard InChI is InChI=1S/C18H30N2O/c1-7-21-16-11-18(19,17(16,4)5)12-20(6)15-9-8-13(2)10-14(15)3/h8-10,16H,7,11-12,19H2,1-6H3. The van der Waals surface area contributed by atoms with Crippen LogP contribution in [0.2, 0.25) is 0 Å². The Morgan fingerprint density at radius 2 is 2.00 bits per heavy atom. The molecule has 2 rings (SSSR count). The minimum absolute atomic E-state index is 0.00979. The van der Waals surface area contributed by atoms with Crippen LogP contribution in [0.4, 0.5) is 5.69 Å². The number of nitrogens with zero attached hydrogens (tertiary/aromatic N) is 1. The number of benzene rings is 1. The second-order valence-electron chi connectivity index (χ2n) is 7.17. The molecule has 1 aliphatic carbocycles. The van der Waals surface area contributed by atoms with E-state index < -0.39 is 0 Å². The zero-order valence-corrected chi connectivity index (χ0v) is 14.4. The summed E-state index contributed by atoms with van der Waals surface area (Å²) in [6.07, 6.45) is 1.21. The lowest BCUT2D eigenvalue weighted by molar-refractivity contribution is -0.145. The van der Waals surface area contributed by atoms with Gasteiger partial charge in [0.1, 0.15) is 0 Å². The van der Waals surface area contributed by atoms with Crippen molar-refractivity contribution in [2.75, 3.05) is 25.1 Å². The third-order valence-corrected chi connectivity index (χ3v) is 5.29. The zero-order chi connectivity index (χ0) is 15.8. The summed E-state index contributed by atoms with van der Waals surface area (Å²) in [6, 6.07) is 6.58. The highest BCUT2D eigenvalue weighted by atomic mass is 16.5. The van der Waals surface area contributed by atoms with Gasteiger partial charge in [-0.15, -0.1) is 0 Å². The molecule has 0 saturated heterocycles. The third kappa shape index (κ3) is 2.82.